The molecule has 1 fully saturated rings. The Kier molecular flexibility index (Phi) is 4.21. The molecule has 1 atom stereocenters. The van der Waals surface area contributed by atoms with Crippen LogP contribution < -0.4 is 10.2 Å². The molecule has 1 aromatic heterocycles. The Morgan fingerprint density at radius 1 is 0.931 bits per heavy atom. The summed E-state index contributed by atoms with van der Waals surface area (Å²) in [6, 6.07) is 23.4. The molecule has 0 aliphatic carbocycles. The molecule has 1 saturated heterocycles. The minimum absolute atomic E-state index is 0.0300. The molecule has 1 aliphatic heterocycles. The lowest BCUT2D eigenvalue weighted by Crippen LogP contribution is -2.28. The van der Waals surface area contributed by atoms with Gasteiger partial charge in [-0.1, -0.05) is 54.6 Å². The van der Waals surface area contributed by atoms with Gasteiger partial charge in [0.15, 0.2) is 0 Å². The Labute approximate surface area is 168 Å². The molecule has 1 N–H and O–H groups in total. The summed E-state index contributed by atoms with van der Waals surface area (Å²) in [5.74, 6) is -0.586. The first-order valence-electron chi connectivity index (χ1n) is 9.63. The molecule has 5 nitrogen and oxygen atoms in total. The first kappa shape index (κ1) is 17.4. The van der Waals surface area contributed by atoms with Crippen molar-refractivity contribution in [1.82, 2.24) is 4.98 Å². The van der Waals surface area contributed by atoms with Crippen LogP contribution in [-0.4, -0.2) is 23.3 Å². The summed E-state index contributed by atoms with van der Waals surface area (Å²) in [6.07, 6.45) is 1.91. The predicted molar refractivity (Wildman–Crippen MR) is 115 cm³/mol. The van der Waals surface area contributed by atoms with E-state index in [2.05, 4.69) is 10.3 Å². The molecule has 142 valence electrons. The third-order valence-corrected chi connectivity index (χ3v) is 5.44. The van der Waals surface area contributed by atoms with Crippen LogP contribution in [0.25, 0.3) is 21.7 Å². The minimum atomic E-state index is -0.402. The number of aromatic nitrogens is 1. The van der Waals surface area contributed by atoms with Crippen molar-refractivity contribution >= 4 is 44.9 Å². The molecule has 2 heterocycles. The van der Waals surface area contributed by atoms with Crippen molar-refractivity contribution in [2.75, 3.05) is 16.8 Å². The third-order valence-electron chi connectivity index (χ3n) is 5.44. The summed E-state index contributed by atoms with van der Waals surface area (Å²) in [4.78, 5) is 31.8. The first-order valence-corrected chi connectivity index (χ1v) is 9.63. The number of carbonyl (C=O) groups is 2. The van der Waals surface area contributed by atoms with Crippen molar-refractivity contribution in [1.29, 1.82) is 0 Å². The lowest BCUT2D eigenvalue weighted by Gasteiger charge is -2.19. The normalized spacial score (nSPS) is 16.5. The standard InChI is InChI=1S/C24H19N3O2/c28-22-14-18(15-27(22)21-12-4-7-16-6-1-2-10-19(16)21)24(29)26-20-11-3-8-17-9-5-13-25-23(17)20/h1-13,18H,14-15H2,(H,26,29). The molecule has 5 rings (SSSR count). The van der Waals surface area contributed by atoms with Crippen LogP contribution in [-0.2, 0) is 9.59 Å². The summed E-state index contributed by atoms with van der Waals surface area (Å²) < 4.78 is 0. The van der Waals surface area contributed by atoms with Gasteiger partial charge >= 0.3 is 0 Å². The van der Waals surface area contributed by atoms with Crippen molar-refractivity contribution in [2.24, 2.45) is 5.92 Å². The summed E-state index contributed by atoms with van der Waals surface area (Å²) in [7, 11) is 0. The smallest absolute Gasteiger partial charge is 0.229 e. The number of fused-ring (bicyclic) bond motifs is 2. The van der Waals surface area contributed by atoms with Gasteiger partial charge in [-0.05, 0) is 23.6 Å². The number of hydrogen-bond donors (Lipinski definition) is 1. The van der Waals surface area contributed by atoms with Crippen molar-refractivity contribution in [3.63, 3.8) is 0 Å². The number of amides is 2. The number of benzene rings is 3. The summed E-state index contributed by atoms with van der Waals surface area (Å²) in [5, 5.41) is 6.03. The van der Waals surface area contributed by atoms with E-state index in [0.717, 1.165) is 27.4 Å². The summed E-state index contributed by atoms with van der Waals surface area (Å²) >= 11 is 0. The number of anilines is 2. The molecule has 0 bridgehead atoms. The predicted octanol–water partition coefficient (Wildman–Crippen LogP) is 4.38. The zero-order chi connectivity index (χ0) is 19.8. The monoisotopic (exact) mass is 381 g/mol. The van der Waals surface area contributed by atoms with Crippen molar-refractivity contribution in [3.8, 4) is 0 Å². The Morgan fingerprint density at radius 2 is 1.69 bits per heavy atom. The highest BCUT2D eigenvalue weighted by Gasteiger charge is 2.35. The molecule has 0 saturated carbocycles. The lowest BCUT2D eigenvalue weighted by molar-refractivity contribution is -0.122. The van der Waals surface area contributed by atoms with E-state index in [1.54, 1.807) is 11.1 Å². The van der Waals surface area contributed by atoms with Crippen molar-refractivity contribution < 1.29 is 9.59 Å². The molecule has 1 aliphatic rings. The Morgan fingerprint density at radius 3 is 2.62 bits per heavy atom. The molecule has 3 aromatic carbocycles. The van der Waals surface area contributed by atoms with E-state index in [1.165, 1.54) is 0 Å². The molecule has 0 spiro atoms. The summed E-state index contributed by atoms with van der Waals surface area (Å²) in [5.41, 5.74) is 2.28. The molecular formula is C24H19N3O2. The van der Waals surface area contributed by atoms with Gasteiger partial charge in [-0.15, -0.1) is 0 Å². The maximum Gasteiger partial charge on any atom is 0.229 e. The minimum Gasteiger partial charge on any atom is -0.324 e. The van der Waals surface area contributed by atoms with Gasteiger partial charge in [0.2, 0.25) is 11.8 Å². The molecule has 1 unspecified atom stereocenters. The van der Waals surface area contributed by atoms with Gasteiger partial charge in [0.05, 0.1) is 22.8 Å². The Balaban J connectivity index is 1.40. The second kappa shape index (κ2) is 7.02. The topological polar surface area (TPSA) is 62.3 Å². The van der Waals surface area contributed by atoms with E-state index in [4.69, 9.17) is 0 Å². The number of nitrogens with zero attached hydrogens (tertiary/aromatic N) is 2. The quantitative estimate of drug-likeness (QED) is 0.573. The van der Waals surface area contributed by atoms with Crippen LogP contribution in [0.15, 0.2) is 79.0 Å². The maximum atomic E-state index is 12.9. The van der Waals surface area contributed by atoms with Gasteiger partial charge in [-0.3, -0.25) is 14.6 Å². The van der Waals surface area contributed by atoms with Crippen LogP contribution in [0.1, 0.15) is 6.42 Å². The van der Waals surface area contributed by atoms with Crippen LogP contribution >= 0.6 is 0 Å². The van der Waals surface area contributed by atoms with Crippen LogP contribution in [0.5, 0.6) is 0 Å². The zero-order valence-corrected chi connectivity index (χ0v) is 15.7. The van der Waals surface area contributed by atoms with Crippen molar-refractivity contribution in [2.45, 2.75) is 6.42 Å². The Bertz CT molecular complexity index is 1240. The van der Waals surface area contributed by atoms with Gasteiger partial charge < -0.3 is 10.2 Å². The van der Waals surface area contributed by atoms with Gasteiger partial charge in [-0.2, -0.15) is 0 Å². The van der Waals surface area contributed by atoms with Gasteiger partial charge in [0.25, 0.3) is 0 Å². The van der Waals surface area contributed by atoms with E-state index in [9.17, 15) is 9.59 Å². The van der Waals surface area contributed by atoms with E-state index in [-0.39, 0.29) is 18.2 Å². The number of pyridine rings is 1. The zero-order valence-electron chi connectivity index (χ0n) is 15.7. The first-order chi connectivity index (χ1) is 14.2. The summed E-state index contributed by atoms with van der Waals surface area (Å²) in [6.45, 7) is 0.372. The van der Waals surface area contributed by atoms with E-state index >= 15 is 0 Å². The highest BCUT2D eigenvalue weighted by Crippen LogP contribution is 2.32. The van der Waals surface area contributed by atoms with E-state index < -0.39 is 5.92 Å². The highest BCUT2D eigenvalue weighted by atomic mass is 16.2. The number of rotatable bonds is 3. The number of para-hydroxylation sites is 1. The van der Waals surface area contributed by atoms with Crippen LogP contribution in [0, 0.1) is 5.92 Å². The molecule has 2 amide bonds. The van der Waals surface area contributed by atoms with E-state index in [1.807, 2.05) is 72.8 Å². The molecular weight excluding hydrogens is 362 g/mol. The largest absolute Gasteiger partial charge is 0.324 e. The van der Waals surface area contributed by atoms with Gasteiger partial charge in [0.1, 0.15) is 0 Å². The number of carbonyl (C=O) groups excluding carboxylic acids is 2. The number of nitrogens with one attached hydrogen (secondary N) is 1. The van der Waals surface area contributed by atoms with Crippen molar-refractivity contribution in [3.05, 3.63) is 79.0 Å². The lowest BCUT2D eigenvalue weighted by atomic mass is 10.1. The fraction of sp³-hybridized carbons (Fsp3) is 0.125. The average Bonchev–Trinajstić information content (AvgIpc) is 3.15. The highest BCUT2D eigenvalue weighted by molar-refractivity contribution is 6.09. The maximum absolute atomic E-state index is 12.9. The van der Waals surface area contributed by atoms with Crippen LogP contribution in [0.4, 0.5) is 11.4 Å². The SMILES string of the molecule is O=C(Nc1cccc2cccnc12)C1CC(=O)N(c2cccc3ccccc23)C1. The molecule has 0 radical (unpaired) electrons. The van der Waals surface area contributed by atoms with Crippen LogP contribution in [0.2, 0.25) is 0 Å². The fourth-order valence-electron chi connectivity index (χ4n) is 4.00. The van der Waals surface area contributed by atoms with E-state index in [0.29, 0.717) is 12.2 Å². The molecule has 5 heteroatoms. The van der Waals surface area contributed by atoms with Crippen LogP contribution in [0.3, 0.4) is 0 Å². The molecule has 29 heavy (non-hydrogen) atoms. The van der Waals surface area contributed by atoms with Gasteiger partial charge in [0, 0.05) is 29.9 Å². The Hall–Kier alpha value is -3.73. The molecule has 4 aromatic rings. The third kappa shape index (κ3) is 3.10. The fourth-order valence-corrected chi connectivity index (χ4v) is 4.00. The number of hydrogen-bond acceptors (Lipinski definition) is 3. The second-order valence-corrected chi connectivity index (χ2v) is 7.27. The average molecular weight is 381 g/mol. The second-order valence-electron chi connectivity index (χ2n) is 7.27. The van der Waals surface area contributed by atoms with Gasteiger partial charge in [-0.25, -0.2) is 0 Å².